The van der Waals surface area contributed by atoms with Crippen LogP contribution < -0.4 is 5.32 Å². The lowest BCUT2D eigenvalue weighted by atomic mass is 10.0. The maximum Gasteiger partial charge on any atom is 0.284 e. The zero-order valence-electron chi connectivity index (χ0n) is 12.9. The van der Waals surface area contributed by atoms with Crippen LogP contribution in [0.3, 0.4) is 0 Å². The molecule has 1 saturated heterocycles. The number of carbonyl (C=O) groups excluding carboxylic acids is 1. The molecule has 2 heterocycles. The number of amides is 1. The van der Waals surface area contributed by atoms with Crippen LogP contribution in [-0.2, 0) is 4.74 Å². The van der Waals surface area contributed by atoms with Gasteiger partial charge >= 0.3 is 0 Å². The summed E-state index contributed by atoms with van der Waals surface area (Å²) in [4.78, 5) is 12.6. The summed E-state index contributed by atoms with van der Waals surface area (Å²) in [5.74, 6) is 0.314. The number of nitrogens with zero attached hydrogens (tertiary/aromatic N) is 1. The molecule has 2 unspecified atom stereocenters. The van der Waals surface area contributed by atoms with Crippen molar-refractivity contribution < 1.29 is 13.9 Å². The van der Waals surface area contributed by atoms with Crippen molar-refractivity contribution in [1.29, 1.82) is 0 Å². The van der Waals surface area contributed by atoms with Crippen LogP contribution in [0.1, 0.15) is 36.5 Å². The molecular formula is C16H19N3O3S. The highest BCUT2D eigenvalue weighted by molar-refractivity contribution is 7.71. The fourth-order valence-corrected chi connectivity index (χ4v) is 2.87. The second-order valence-corrected chi connectivity index (χ2v) is 5.91. The average molecular weight is 333 g/mol. The SMILES string of the molecule is CCC(NC(=O)c1ccc(-c2n[nH]c(=S)o2)cc1)C1CCCO1. The molecule has 6 nitrogen and oxygen atoms in total. The van der Waals surface area contributed by atoms with E-state index in [4.69, 9.17) is 21.4 Å². The number of rotatable bonds is 5. The number of aromatic nitrogens is 2. The van der Waals surface area contributed by atoms with E-state index in [1.165, 1.54) is 0 Å². The van der Waals surface area contributed by atoms with Gasteiger partial charge in [0.2, 0.25) is 5.89 Å². The first kappa shape index (κ1) is 15.9. The van der Waals surface area contributed by atoms with E-state index >= 15 is 0 Å². The number of ether oxygens (including phenoxy) is 1. The molecule has 2 N–H and O–H groups in total. The lowest BCUT2D eigenvalue weighted by Gasteiger charge is -2.22. The molecule has 1 aliphatic heterocycles. The van der Waals surface area contributed by atoms with Gasteiger partial charge in [0.15, 0.2) is 0 Å². The van der Waals surface area contributed by atoms with Crippen molar-refractivity contribution in [2.45, 2.75) is 38.3 Å². The highest BCUT2D eigenvalue weighted by atomic mass is 32.1. The van der Waals surface area contributed by atoms with E-state index in [9.17, 15) is 4.79 Å². The van der Waals surface area contributed by atoms with E-state index in [1.807, 2.05) is 0 Å². The minimum absolute atomic E-state index is 0.0498. The van der Waals surface area contributed by atoms with E-state index in [0.29, 0.717) is 11.5 Å². The van der Waals surface area contributed by atoms with Gasteiger partial charge in [0.1, 0.15) is 0 Å². The molecule has 3 rings (SSSR count). The fraction of sp³-hybridized carbons (Fsp3) is 0.438. The van der Waals surface area contributed by atoms with Crippen molar-refractivity contribution in [3.05, 3.63) is 34.7 Å². The smallest absolute Gasteiger partial charge is 0.284 e. The molecule has 0 radical (unpaired) electrons. The third kappa shape index (κ3) is 3.68. The van der Waals surface area contributed by atoms with Gasteiger partial charge in [-0.2, -0.15) is 0 Å². The van der Waals surface area contributed by atoms with Gasteiger partial charge in [0.25, 0.3) is 10.7 Å². The largest absolute Gasteiger partial charge is 0.409 e. The monoisotopic (exact) mass is 333 g/mol. The van der Waals surface area contributed by atoms with E-state index < -0.39 is 0 Å². The summed E-state index contributed by atoms with van der Waals surface area (Å²) < 4.78 is 10.9. The summed E-state index contributed by atoms with van der Waals surface area (Å²) in [7, 11) is 0. The van der Waals surface area contributed by atoms with Crippen molar-refractivity contribution >= 4 is 18.1 Å². The Labute approximate surface area is 139 Å². The molecule has 0 saturated carbocycles. The van der Waals surface area contributed by atoms with Crippen LogP contribution in [0.15, 0.2) is 28.7 Å². The number of nitrogens with one attached hydrogen (secondary N) is 2. The van der Waals surface area contributed by atoms with E-state index in [2.05, 4.69) is 22.4 Å². The Kier molecular flexibility index (Phi) is 4.88. The molecule has 0 bridgehead atoms. The lowest BCUT2D eigenvalue weighted by molar-refractivity contribution is 0.0665. The Morgan fingerprint density at radius 3 is 2.83 bits per heavy atom. The first-order valence-electron chi connectivity index (χ1n) is 7.76. The predicted octanol–water partition coefficient (Wildman–Crippen LogP) is 3.09. The van der Waals surface area contributed by atoms with E-state index in [0.717, 1.165) is 31.4 Å². The molecule has 2 aromatic rings. The molecular weight excluding hydrogens is 314 g/mol. The Balaban J connectivity index is 1.68. The molecule has 0 spiro atoms. The zero-order chi connectivity index (χ0) is 16.2. The van der Waals surface area contributed by atoms with Crippen LogP contribution in [0.2, 0.25) is 0 Å². The van der Waals surface area contributed by atoms with Crippen molar-refractivity contribution in [2.75, 3.05) is 6.61 Å². The number of hydrogen-bond donors (Lipinski definition) is 2. The first-order chi connectivity index (χ1) is 11.2. The summed E-state index contributed by atoms with van der Waals surface area (Å²) in [6, 6.07) is 7.13. The predicted molar refractivity (Wildman–Crippen MR) is 87.6 cm³/mol. The van der Waals surface area contributed by atoms with Gasteiger partial charge in [-0.3, -0.25) is 4.79 Å². The molecule has 7 heteroatoms. The molecule has 2 atom stereocenters. The van der Waals surface area contributed by atoms with Crippen molar-refractivity contribution in [3.63, 3.8) is 0 Å². The van der Waals surface area contributed by atoms with Gasteiger partial charge in [-0.1, -0.05) is 6.92 Å². The molecule has 1 aromatic carbocycles. The first-order valence-corrected chi connectivity index (χ1v) is 8.16. The topological polar surface area (TPSA) is 80.2 Å². The maximum atomic E-state index is 12.4. The highest BCUT2D eigenvalue weighted by Crippen LogP contribution is 2.19. The van der Waals surface area contributed by atoms with Gasteiger partial charge in [-0.25, -0.2) is 5.10 Å². The molecule has 0 aliphatic carbocycles. The number of benzene rings is 1. The summed E-state index contributed by atoms with van der Waals surface area (Å²) in [5.41, 5.74) is 1.36. The number of aromatic amines is 1. The quantitative estimate of drug-likeness (QED) is 0.822. The molecule has 122 valence electrons. The fourth-order valence-electron chi connectivity index (χ4n) is 2.75. The molecule has 1 aromatic heterocycles. The van der Waals surface area contributed by atoms with E-state index in [1.54, 1.807) is 24.3 Å². The van der Waals surface area contributed by atoms with Gasteiger partial charge in [0, 0.05) is 17.7 Å². The Hall–Kier alpha value is -1.99. The molecule has 1 aliphatic rings. The minimum Gasteiger partial charge on any atom is -0.409 e. The van der Waals surface area contributed by atoms with Gasteiger partial charge in [0.05, 0.1) is 12.1 Å². The Bertz CT molecular complexity index is 717. The van der Waals surface area contributed by atoms with E-state index in [-0.39, 0.29) is 22.9 Å². The molecule has 23 heavy (non-hydrogen) atoms. The van der Waals surface area contributed by atoms with Crippen molar-refractivity contribution in [3.8, 4) is 11.5 Å². The summed E-state index contributed by atoms with van der Waals surface area (Å²) in [6.45, 7) is 2.84. The van der Waals surface area contributed by atoms with Crippen molar-refractivity contribution in [2.24, 2.45) is 0 Å². The highest BCUT2D eigenvalue weighted by Gasteiger charge is 2.26. The number of carbonyl (C=O) groups is 1. The Morgan fingerprint density at radius 1 is 1.48 bits per heavy atom. The van der Waals surface area contributed by atoms with Crippen LogP contribution in [0.5, 0.6) is 0 Å². The summed E-state index contributed by atoms with van der Waals surface area (Å²) >= 11 is 4.85. The summed E-state index contributed by atoms with van der Waals surface area (Å²) in [5, 5.41) is 9.60. The van der Waals surface area contributed by atoms with Crippen LogP contribution in [0.4, 0.5) is 0 Å². The molecule has 1 amide bonds. The average Bonchev–Trinajstić information content (AvgIpc) is 3.24. The number of H-pyrrole nitrogens is 1. The summed E-state index contributed by atoms with van der Waals surface area (Å²) in [6.07, 6.45) is 3.03. The van der Waals surface area contributed by atoms with Gasteiger partial charge < -0.3 is 14.5 Å². The third-order valence-corrected chi connectivity index (χ3v) is 4.18. The standard InChI is InChI=1S/C16H19N3O3S/c1-2-12(13-4-3-9-21-13)17-14(20)10-5-7-11(8-6-10)15-18-19-16(23)22-15/h5-8,12-13H,2-4,9H2,1H3,(H,17,20)(H,19,23). The Morgan fingerprint density at radius 2 is 2.26 bits per heavy atom. The minimum atomic E-state index is -0.0955. The second-order valence-electron chi connectivity index (χ2n) is 5.54. The maximum absolute atomic E-state index is 12.4. The van der Waals surface area contributed by atoms with Gasteiger partial charge in [-0.05, 0) is 55.7 Å². The third-order valence-electron chi connectivity index (χ3n) is 4.00. The van der Waals surface area contributed by atoms with Gasteiger partial charge in [-0.15, -0.1) is 5.10 Å². The van der Waals surface area contributed by atoms with Crippen LogP contribution >= 0.6 is 12.2 Å². The number of hydrogen-bond acceptors (Lipinski definition) is 5. The van der Waals surface area contributed by atoms with Crippen molar-refractivity contribution in [1.82, 2.24) is 15.5 Å². The van der Waals surface area contributed by atoms with Crippen LogP contribution in [0.25, 0.3) is 11.5 Å². The van der Waals surface area contributed by atoms with Crippen LogP contribution in [-0.4, -0.2) is 34.9 Å². The molecule has 1 fully saturated rings. The second kappa shape index (κ2) is 7.06. The van der Waals surface area contributed by atoms with Crippen LogP contribution in [0, 0.1) is 4.84 Å². The zero-order valence-corrected chi connectivity index (χ0v) is 13.7. The normalized spacial score (nSPS) is 18.7. The lowest BCUT2D eigenvalue weighted by Crippen LogP contribution is -2.42.